The number of benzene rings is 11. The van der Waals surface area contributed by atoms with Gasteiger partial charge in [-0.1, -0.05) is 91.0 Å². The van der Waals surface area contributed by atoms with Crippen LogP contribution in [0, 0.1) is 0 Å². The van der Waals surface area contributed by atoms with Crippen molar-refractivity contribution >= 4 is 107 Å². The zero-order valence-corrected chi connectivity index (χ0v) is 40.7. The van der Waals surface area contributed by atoms with E-state index in [0.717, 1.165) is 119 Å². The Hall–Kier alpha value is -10.2. The minimum Gasteiger partial charge on any atom is -0.311 e. The molecule has 11 aromatic carbocycles. The molecule has 0 amide bonds. The Kier molecular flexibility index (Phi) is 11.4. The van der Waals surface area contributed by atoms with E-state index in [-0.39, 0.29) is 0 Å². The van der Waals surface area contributed by atoms with Crippen molar-refractivity contribution in [3.8, 4) is 11.4 Å². The highest BCUT2D eigenvalue weighted by Crippen LogP contribution is 2.44. The number of hydrogen-bond donors (Lipinski definition) is 0. The summed E-state index contributed by atoms with van der Waals surface area (Å²) in [6.45, 7) is 0. The number of anilines is 9. The Labute approximate surface area is 434 Å². The normalized spacial score (nSPS) is 11.3. The lowest BCUT2D eigenvalue weighted by molar-refractivity contribution is 0.111. The van der Waals surface area contributed by atoms with Crippen molar-refractivity contribution in [1.82, 2.24) is 9.13 Å². The molecule has 0 radical (unpaired) electrons. The molecule has 7 heteroatoms. The summed E-state index contributed by atoms with van der Waals surface area (Å²) >= 11 is 0. The molecule has 75 heavy (non-hydrogen) atoms. The molecule has 0 saturated carbocycles. The number of carbonyl (C=O) groups is 2. The third kappa shape index (κ3) is 8.05. The lowest BCUT2D eigenvalue weighted by Crippen LogP contribution is -2.13. The molecule has 0 spiro atoms. The summed E-state index contributed by atoms with van der Waals surface area (Å²) in [6.07, 6.45) is 1.77. The van der Waals surface area contributed by atoms with Crippen LogP contribution in [-0.4, -0.2) is 21.7 Å². The van der Waals surface area contributed by atoms with E-state index in [1.807, 2.05) is 48.5 Å². The summed E-state index contributed by atoms with van der Waals surface area (Å²) in [5, 5.41) is 4.57. The predicted molar refractivity (Wildman–Crippen MR) is 310 cm³/mol. The van der Waals surface area contributed by atoms with E-state index in [9.17, 15) is 9.59 Å². The van der Waals surface area contributed by atoms with Gasteiger partial charge in [-0.25, -0.2) is 0 Å². The van der Waals surface area contributed by atoms with Gasteiger partial charge in [0.25, 0.3) is 0 Å². The topological polar surface area (TPSA) is 53.7 Å². The molecule has 0 aliphatic heterocycles. The summed E-state index contributed by atoms with van der Waals surface area (Å²) in [6, 6.07) is 95.1. The Balaban J connectivity index is 0.875. The number of aromatic nitrogens is 2. The van der Waals surface area contributed by atoms with Crippen molar-refractivity contribution in [3.63, 3.8) is 0 Å². The maximum absolute atomic E-state index is 11.5. The van der Waals surface area contributed by atoms with Crippen LogP contribution in [0.5, 0.6) is 0 Å². The minimum absolute atomic E-state index is 0.649. The number of hydrogen-bond acceptors (Lipinski definition) is 5. The highest BCUT2D eigenvalue weighted by atomic mass is 16.1. The van der Waals surface area contributed by atoms with E-state index in [0.29, 0.717) is 11.1 Å². The summed E-state index contributed by atoms with van der Waals surface area (Å²) in [7, 11) is 0. The zero-order chi connectivity index (χ0) is 50.2. The van der Waals surface area contributed by atoms with Crippen LogP contribution in [0.15, 0.2) is 273 Å². The summed E-state index contributed by atoms with van der Waals surface area (Å²) in [5.41, 5.74) is 17.0. The molecule has 2 aromatic heterocycles. The van der Waals surface area contributed by atoms with Crippen LogP contribution in [0.2, 0.25) is 0 Å². The number of aldehydes is 2. The maximum atomic E-state index is 11.5. The number of fused-ring (bicyclic) bond motifs is 6. The molecule has 7 nitrogen and oxygen atoms in total. The molecule has 13 aromatic rings. The molecule has 0 N–H and O–H groups in total. The largest absolute Gasteiger partial charge is 0.311 e. The predicted octanol–water partition coefficient (Wildman–Crippen LogP) is 17.9. The Morgan fingerprint density at radius 1 is 0.240 bits per heavy atom. The molecule has 0 aliphatic rings. The number of carbonyl (C=O) groups excluding carboxylic acids is 2. The second kappa shape index (κ2) is 19.1. The van der Waals surface area contributed by atoms with Gasteiger partial charge in [0, 0.05) is 95.2 Å². The Morgan fingerprint density at radius 3 is 0.840 bits per heavy atom. The smallest absolute Gasteiger partial charge is 0.150 e. The molecule has 356 valence electrons. The van der Waals surface area contributed by atoms with Crippen LogP contribution in [0.1, 0.15) is 20.7 Å². The average molecular weight is 966 g/mol. The third-order valence-corrected chi connectivity index (χ3v) is 14.2. The minimum atomic E-state index is 0.649. The Bertz CT molecular complexity index is 3930. The molecule has 0 fully saturated rings. The number of nitrogens with zero attached hydrogens (tertiary/aromatic N) is 5. The molecule has 13 rings (SSSR count). The van der Waals surface area contributed by atoms with Crippen LogP contribution in [0.3, 0.4) is 0 Å². The standard InChI is InChI=1S/C68H47N5O2/c74-46-48-24-28-57(29-25-48)72-65-22-12-10-20-61(65)63-44-59(40-42-67(63)72)70(51-16-6-2-7-17-51)55-36-32-53(33-37-55)69(50-14-4-1-5-15-50)54-34-38-56(39-35-54)71(52-18-8-3-9-19-52)60-41-43-68-64(45-60)62-21-11-13-23-66(62)73(68)58-30-26-49(47-75)27-31-58/h1-47H. The SMILES string of the molecule is O=Cc1ccc(-n2c3ccccc3c3cc(N(c4ccccc4)c4ccc(N(c5ccccc5)c5ccc(N(c6ccccc6)c6ccc7c(c6)c6ccccc6n7-c6ccc(C=O)cc6)cc5)cc4)ccc32)cc1. The van der Waals surface area contributed by atoms with Gasteiger partial charge in [0.1, 0.15) is 12.6 Å². The fourth-order valence-electron chi connectivity index (χ4n) is 10.7. The summed E-state index contributed by atoms with van der Waals surface area (Å²) in [4.78, 5) is 30.0. The molecular weight excluding hydrogens is 919 g/mol. The van der Waals surface area contributed by atoms with Crippen LogP contribution in [0.25, 0.3) is 55.0 Å². The van der Waals surface area contributed by atoms with E-state index in [1.54, 1.807) is 0 Å². The van der Waals surface area contributed by atoms with E-state index in [1.165, 1.54) is 0 Å². The number of rotatable bonds is 13. The second-order valence-corrected chi connectivity index (χ2v) is 18.6. The molecule has 0 atom stereocenters. The van der Waals surface area contributed by atoms with Gasteiger partial charge in [-0.3, -0.25) is 9.59 Å². The number of para-hydroxylation sites is 5. The van der Waals surface area contributed by atoms with E-state index < -0.39 is 0 Å². The Morgan fingerprint density at radius 2 is 0.507 bits per heavy atom. The second-order valence-electron chi connectivity index (χ2n) is 18.6. The van der Waals surface area contributed by atoms with E-state index in [2.05, 4.69) is 248 Å². The average Bonchev–Trinajstić information content (AvgIpc) is 4.01. The fraction of sp³-hybridized carbons (Fsp3) is 0. The third-order valence-electron chi connectivity index (χ3n) is 14.2. The van der Waals surface area contributed by atoms with Gasteiger partial charge >= 0.3 is 0 Å². The fourth-order valence-corrected chi connectivity index (χ4v) is 10.7. The molecule has 0 bridgehead atoms. The van der Waals surface area contributed by atoms with Gasteiger partial charge in [-0.05, 0) is 182 Å². The van der Waals surface area contributed by atoms with Crippen molar-refractivity contribution in [3.05, 3.63) is 284 Å². The first-order chi connectivity index (χ1) is 37.1. The maximum Gasteiger partial charge on any atom is 0.150 e. The summed E-state index contributed by atoms with van der Waals surface area (Å²) < 4.78 is 4.54. The van der Waals surface area contributed by atoms with Crippen LogP contribution < -0.4 is 14.7 Å². The highest BCUT2D eigenvalue weighted by Gasteiger charge is 2.21. The zero-order valence-electron chi connectivity index (χ0n) is 40.7. The lowest BCUT2D eigenvalue weighted by atomic mass is 10.1. The van der Waals surface area contributed by atoms with Gasteiger partial charge in [-0.15, -0.1) is 0 Å². The van der Waals surface area contributed by atoms with Crippen LogP contribution >= 0.6 is 0 Å². The van der Waals surface area contributed by atoms with Crippen molar-refractivity contribution < 1.29 is 9.59 Å². The first kappa shape index (κ1) is 44.7. The summed E-state index contributed by atoms with van der Waals surface area (Å²) in [5.74, 6) is 0. The molecule has 2 heterocycles. The van der Waals surface area contributed by atoms with Crippen LogP contribution in [-0.2, 0) is 0 Å². The van der Waals surface area contributed by atoms with Crippen LogP contribution in [0.4, 0.5) is 51.2 Å². The van der Waals surface area contributed by atoms with Gasteiger partial charge in [-0.2, -0.15) is 0 Å². The van der Waals surface area contributed by atoms with Crippen molar-refractivity contribution in [2.24, 2.45) is 0 Å². The van der Waals surface area contributed by atoms with Gasteiger partial charge in [0.2, 0.25) is 0 Å². The monoisotopic (exact) mass is 965 g/mol. The van der Waals surface area contributed by atoms with E-state index >= 15 is 0 Å². The van der Waals surface area contributed by atoms with Crippen molar-refractivity contribution in [2.75, 3.05) is 14.7 Å². The van der Waals surface area contributed by atoms with Crippen molar-refractivity contribution in [1.29, 1.82) is 0 Å². The molecule has 0 saturated heterocycles. The van der Waals surface area contributed by atoms with Gasteiger partial charge < -0.3 is 23.8 Å². The molecule has 0 unspecified atom stereocenters. The first-order valence-electron chi connectivity index (χ1n) is 25.1. The first-order valence-corrected chi connectivity index (χ1v) is 25.1. The van der Waals surface area contributed by atoms with E-state index in [4.69, 9.17) is 0 Å². The lowest BCUT2D eigenvalue weighted by Gasteiger charge is -2.29. The van der Waals surface area contributed by atoms with Gasteiger partial charge in [0.05, 0.1) is 22.1 Å². The van der Waals surface area contributed by atoms with Crippen molar-refractivity contribution in [2.45, 2.75) is 0 Å². The molecular formula is C68H47N5O2. The molecule has 0 aliphatic carbocycles. The highest BCUT2D eigenvalue weighted by molar-refractivity contribution is 6.12. The van der Waals surface area contributed by atoms with Gasteiger partial charge in [0.15, 0.2) is 0 Å². The quantitative estimate of drug-likeness (QED) is 0.108.